The second-order valence-electron chi connectivity index (χ2n) is 30.1. The Morgan fingerprint density at radius 3 is 0.577 bits per heavy atom. The Kier molecular flexibility index (Phi) is 18.0. The van der Waals surface area contributed by atoms with Crippen LogP contribution in [0.5, 0.6) is 0 Å². The van der Waals surface area contributed by atoms with E-state index in [0.29, 0.717) is 0 Å². The number of rotatable bonds is 21. The molecule has 3 aliphatic rings. The minimum atomic E-state index is -0.0766. The normalized spacial score (nSPS) is 13.6. The molecule has 3 nitrogen and oxygen atoms in total. The largest absolute Gasteiger partial charge is 0.310 e. The predicted octanol–water partition coefficient (Wildman–Crippen LogP) is 31.5. The van der Waals surface area contributed by atoms with Crippen molar-refractivity contribution in [1.82, 2.24) is 0 Å². The fraction of sp³-hybridized carbons (Fsp3) is 0.143. The Hall–Kier alpha value is -11.6. The monoisotopic (exact) mass is 1490 g/mol. The van der Waals surface area contributed by atoms with Crippen LogP contribution in [-0.2, 0) is 16.2 Å². The average Bonchev–Trinajstić information content (AvgIpc) is 1.32. The van der Waals surface area contributed by atoms with Crippen LogP contribution in [0.15, 0.2) is 346 Å². The van der Waals surface area contributed by atoms with E-state index < -0.39 is 0 Å². The van der Waals surface area contributed by atoms with Gasteiger partial charge in [-0.2, -0.15) is 0 Å². The molecule has 540 valence electrons. The number of benzene rings is 13. The highest BCUT2D eigenvalue weighted by molar-refractivity contribution is 7.19. The van der Waals surface area contributed by atoms with Gasteiger partial charge in [-0.05, 0) is 321 Å². The molecule has 19 rings (SSSR count). The molecule has 0 unspecified atom stereocenters. The molecule has 0 spiro atoms. The minimum Gasteiger partial charge on any atom is -0.310 e. The Balaban J connectivity index is 0.713. The molecule has 13 aromatic carbocycles. The molecule has 0 saturated heterocycles. The van der Waals surface area contributed by atoms with Gasteiger partial charge in [0.2, 0.25) is 0 Å². The summed E-state index contributed by atoms with van der Waals surface area (Å²) in [6.45, 7) is 14.2. The molecule has 0 saturated carbocycles. The molecule has 0 N–H and O–H groups in total. The third kappa shape index (κ3) is 11.7. The van der Waals surface area contributed by atoms with Crippen molar-refractivity contribution in [2.24, 2.45) is 0 Å². The zero-order valence-electron chi connectivity index (χ0n) is 63.7. The molecule has 0 fully saturated rings. The number of nitrogens with zero attached hydrogens (tertiary/aromatic N) is 3. The summed E-state index contributed by atoms with van der Waals surface area (Å²) in [6.07, 6.45) is 6.16. The van der Waals surface area contributed by atoms with Crippen LogP contribution in [0.3, 0.4) is 0 Å². The molecule has 16 aromatic rings. The molecule has 111 heavy (non-hydrogen) atoms. The highest BCUT2D eigenvalue weighted by atomic mass is 32.1. The summed E-state index contributed by atoms with van der Waals surface area (Å²) in [5.74, 6) is 0. The van der Waals surface area contributed by atoms with E-state index in [4.69, 9.17) is 0 Å². The first-order chi connectivity index (χ1) is 54.6. The lowest BCUT2D eigenvalue weighted by atomic mass is 9.74. The van der Waals surface area contributed by atoms with E-state index in [1.807, 2.05) is 34.0 Å². The van der Waals surface area contributed by atoms with E-state index in [0.717, 1.165) is 89.7 Å². The number of para-hydroxylation sites is 6. The van der Waals surface area contributed by atoms with Crippen molar-refractivity contribution in [3.05, 3.63) is 379 Å². The van der Waals surface area contributed by atoms with Crippen LogP contribution in [0, 0.1) is 0 Å². The van der Waals surface area contributed by atoms with Crippen LogP contribution in [0.25, 0.3) is 96.0 Å². The maximum absolute atomic E-state index is 2.51. The number of hydrogen-bond acceptors (Lipinski definition) is 6. The Morgan fingerprint density at radius 1 is 0.180 bits per heavy atom. The smallest absolute Gasteiger partial charge is 0.0468 e. The topological polar surface area (TPSA) is 9.72 Å². The SMILES string of the molecule is CCC1(CC)c2ccc(-c3ccc(-c4cc(-c5ccc(-c6ccc7c(c6)-c6cc(N(c8ccccc8)c8ccccc8)ccc6C7(CC)CC)s5)cc(-c5ccc(-c6ccc7c(c6)-c6cc(N(c8ccccc8)c8ccccc8)ccc6C7(CC)CC)s5)c4)s3)cc2-c2cc(N(c3ccccc3)c3ccccc3)ccc21. The second kappa shape index (κ2) is 28.7. The van der Waals surface area contributed by atoms with Crippen molar-refractivity contribution in [2.75, 3.05) is 14.7 Å². The lowest BCUT2D eigenvalue weighted by Crippen LogP contribution is -2.23. The van der Waals surface area contributed by atoms with Gasteiger partial charge in [0, 0.05) is 96.7 Å². The quantitative estimate of drug-likeness (QED) is 0.0710. The number of hydrogen-bond donors (Lipinski definition) is 0. The average molecular weight is 1490 g/mol. The molecule has 0 bridgehead atoms. The third-order valence-corrected chi connectivity index (χ3v) is 28.5. The summed E-state index contributed by atoms with van der Waals surface area (Å²) in [7, 11) is 0. The molecule has 0 aliphatic heterocycles. The lowest BCUT2D eigenvalue weighted by Gasteiger charge is -2.30. The maximum atomic E-state index is 2.51. The fourth-order valence-corrected chi connectivity index (χ4v) is 22.2. The summed E-state index contributed by atoms with van der Waals surface area (Å²) < 4.78 is 0. The molecule has 3 aromatic heterocycles. The summed E-state index contributed by atoms with van der Waals surface area (Å²) in [6, 6.07) is 130. The van der Waals surface area contributed by atoms with Gasteiger partial charge in [-0.25, -0.2) is 0 Å². The van der Waals surface area contributed by atoms with Crippen LogP contribution in [0.2, 0.25) is 0 Å². The van der Waals surface area contributed by atoms with Crippen molar-refractivity contribution in [1.29, 1.82) is 0 Å². The van der Waals surface area contributed by atoms with Crippen LogP contribution < -0.4 is 14.7 Å². The molecular formula is C105H87N3S3. The fourth-order valence-electron chi connectivity index (χ4n) is 19.2. The van der Waals surface area contributed by atoms with Crippen LogP contribution in [-0.4, -0.2) is 0 Å². The zero-order valence-corrected chi connectivity index (χ0v) is 66.2. The third-order valence-electron chi connectivity index (χ3n) is 25.0. The van der Waals surface area contributed by atoms with Crippen molar-refractivity contribution < 1.29 is 0 Å². The Morgan fingerprint density at radius 2 is 0.369 bits per heavy atom. The molecular weight excluding hydrogens is 1400 g/mol. The van der Waals surface area contributed by atoms with E-state index in [1.54, 1.807) is 0 Å². The molecule has 0 amide bonds. The van der Waals surface area contributed by atoms with Gasteiger partial charge in [0.15, 0.2) is 0 Å². The van der Waals surface area contributed by atoms with Gasteiger partial charge in [0.1, 0.15) is 0 Å². The van der Waals surface area contributed by atoms with Gasteiger partial charge in [-0.15, -0.1) is 34.0 Å². The Bertz CT molecular complexity index is 5390. The van der Waals surface area contributed by atoms with E-state index in [1.165, 1.54) is 129 Å². The first-order valence-corrected chi connectivity index (χ1v) is 42.2. The van der Waals surface area contributed by atoms with E-state index in [-0.39, 0.29) is 16.2 Å². The predicted molar refractivity (Wildman–Crippen MR) is 477 cm³/mol. The van der Waals surface area contributed by atoms with Crippen molar-refractivity contribution >= 4 is 85.2 Å². The summed E-state index contributed by atoms with van der Waals surface area (Å²) >= 11 is 5.71. The highest BCUT2D eigenvalue weighted by Gasteiger charge is 2.44. The minimum absolute atomic E-state index is 0.0766. The van der Waals surface area contributed by atoms with Crippen molar-refractivity contribution in [3.8, 4) is 96.0 Å². The Labute approximate surface area is 666 Å². The van der Waals surface area contributed by atoms with Gasteiger partial charge in [-0.3, -0.25) is 0 Å². The highest BCUT2D eigenvalue weighted by Crippen LogP contribution is 2.60. The van der Waals surface area contributed by atoms with Crippen molar-refractivity contribution in [2.45, 2.75) is 96.3 Å². The molecule has 3 aliphatic carbocycles. The second-order valence-corrected chi connectivity index (χ2v) is 33.4. The van der Waals surface area contributed by atoms with Crippen LogP contribution >= 0.6 is 34.0 Å². The number of thiophene rings is 3. The summed E-state index contributed by atoms with van der Waals surface area (Å²) in [4.78, 5) is 14.7. The maximum Gasteiger partial charge on any atom is 0.0468 e. The molecule has 0 radical (unpaired) electrons. The number of fused-ring (bicyclic) bond motifs is 9. The van der Waals surface area contributed by atoms with Gasteiger partial charge in [0.05, 0.1) is 0 Å². The standard InChI is InChI=1S/C105H87N3S3/c1-7-103(8-2)91-49-43-70(64-85(91)88-67-82(46-52-94(88)103)106(76-31-19-13-20-32-76)77-33-21-14-22-34-77)97-55-58-100(109-97)73-61-74(101-59-56-98(110-101)71-44-50-92-86(65-71)89-68-83(47-53-95(89)104(92,9-3)10-4)107(78-35-23-15-24-36-78)79-37-25-16-26-38-79)63-75(62-73)102-60-57-99(111-102)72-45-51-93-87(66-72)90-69-84(48-54-96(90)105(93,11-5)12-6)108(80-39-27-17-28-40-80)81-41-29-18-30-42-81/h13-69H,7-12H2,1-6H3. The van der Waals surface area contributed by atoms with E-state index in [2.05, 4.69) is 402 Å². The van der Waals surface area contributed by atoms with Gasteiger partial charge in [-0.1, -0.05) is 205 Å². The first kappa shape index (κ1) is 69.8. The van der Waals surface area contributed by atoms with E-state index >= 15 is 0 Å². The summed E-state index contributed by atoms with van der Waals surface area (Å²) in [5, 5.41) is 0. The molecule has 3 heterocycles. The van der Waals surface area contributed by atoms with E-state index in [9.17, 15) is 0 Å². The zero-order chi connectivity index (χ0) is 75.0. The summed E-state index contributed by atoms with van der Waals surface area (Å²) in [5.41, 5.74) is 34.1. The van der Waals surface area contributed by atoms with Crippen LogP contribution in [0.4, 0.5) is 51.2 Å². The van der Waals surface area contributed by atoms with Crippen LogP contribution in [0.1, 0.15) is 113 Å². The molecule has 6 heteroatoms. The first-order valence-electron chi connectivity index (χ1n) is 39.7. The lowest BCUT2D eigenvalue weighted by molar-refractivity contribution is 0.490. The molecule has 0 atom stereocenters. The number of anilines is 9. The van der Waals surface area contributed by atoms with Gasteiger partial charge >= 0.3 is 0 Å². The van der Waals surface area contributed by atoms with Gasteiger partial charge in [0.25, 0.3) is 0 Å². The van der Waals surface area contributed by atoms with Gasteiger partial charge < -0.3 is 14.7 Å². The van der Waals surface area contributed by atoms with Crippen molar-refractivity contribution in [3.63, 3.8) is 0 Å².